The van der Waals surface area contributed by atoms with Gasteiger partial charge in [0.2, 0.25) is 0 Å². The van der Waals surface area contributed by atoms with Gasteiger partial charge in [0.15, 0.2) is 0 Å². The van der Waals surface area contributed by atoms with Crippen LogP contribution in [0.4, 0.5) is 21.2 Å². The lowest BCUT2D eigenvalue weighted by atomic mass is 10.2. The van der Waals surface area contributed by atoms with E-state index in [4.69, 9.17) is 4.74 Å². The molecule has 3 rings (SSSR count). The van der Waals surface area contributed by atoms with Gasteiger partial charge < -0.3 is 4.74 Å². The largest absolute Gasteiger partial charge is 0.443 e. The minimum absolute atomic E-state index is 0.0964. The number of amides is 1. The molecule has 1 heterocycles. The van der Waals surface area contributed by atoms with E-state index in [2.05, 4.69) is 0 Å². The van der Waals surface area contributed by atoms with Crippen molar-refractivity contribution in [3.8, 4) is 0 Å². The highest BCUT2D eigenvalue weighted by Crippen LogP contribution is 2.46. The molecule has 0 aliphatic rings. The Morgan fingerprint density at radius 1 is 1.08 bits per heavy atom. The van der Waals surface area contributed by atoms with Crippen molar-refractivity contribution in [2.24, 2.45) is 0 Å². The summed E-state index contributed by atoms with van der Waals surface area (Å²) in [6.45, 7) is 5.27. The first-order valence-corrected chi connectivity index (χ1v) is 8.83. The van der Waals surface area contributed by atoms with E-state index in [0.29, 0.717) is 11.1 Å². The summed E-state index contributed by atoms with van der Waals surface area (Å²) in [5.41, 5.74) is 0.00880. The maximum atomic E-state index is 13.0. The highest BCUT2D eigenvalue weighted by atomic mass is 32.1. The third kappa shape index (κ3) is 3.52. The SMILES string of the molecule is CC(C)(C)OC(=O)N(c1ccccc1)c1c([N+](=O)[O-])sc2ccccc12. The minimum Gasteiger partial charge on any atom is -0.443 e. The molecule has 0 aliphatic heterocycles. The summed E-state index contributed by atoms with van der Waals surface area (Å²) < 4.78 is 6.27. The predicted molar refractivity (Wildman–Crippen MR) is 103 cm³/mol. The van der Waals surface area contributed by atoms with Crippen LogP contribution in [0.5, 0.6) is 0 Å². The molecule has 0 unspecified atom stereocenters. The Balaban J connectivity index is 2.26. The van der Waals surface area contributed by atoms with Gasteiger partial charge in [0, 0.05) is 10.1 Å². The van der Waals surface area contributed by atoms with Gasteiger partial charge in [-0.1, -0.05) is 47.7 Å². The monoisotopic (exact) mass is 370 g/mol. The first kappa shape index (κ1) is 17.9. The number of nitro groups is 1. The molecule has 1 amide bonds. The van der Waals surface area contributed by atoms with Crippen molar-refractivity contribution in [2.75, 3.05) is 4.90 Å². The second-order valence-corrected chi connectivity index (χ2v) is 7.69. The number of carbonyl (C=O) groups excluding carboxylic acids is 1. The average Bonchev–Trinajstić information content (AvgIpc) is 2.94. The van der Waals surface area contributed by atoms with E-state index in [1.54, 1.807) is 63.2 Å². The Bertz CT molecular complexity index is 961. The van der Waals surface area contributed by atoms with E-state index in [-0.39, 0.29) is 10.7 Å². The van der Waals surface area contributed by atoms with Gasteiger partial charge in [0.05, 0.1) is 10.6 Å². The van der Waals surface area contributed by atoms with E-state index in [0.717, 1.165) is 16.0 Å². The molecule has 2 aromatic carbocycles. The predicted octanol–water partition coefficient (Wildman–Crippen LogP) is 5.88. The number of hydrogen-bond acceptors (Lipinski definition) is 5. The van der Waals surface area contributed by atoms with Crippen LogP contribution < -0.4 is 4.90 Å². The fourth-order valence-electron chi connectivity index (χ4n) is 2.57. The number of ether oxygens (including phenoxy) is 1. The molecule has 0 fully saturated rings. The van der Waals surface area contributed by atoms with Gasteiger partial charge in [-0.05, 0) is 39.0 Å². The number of fused-ring (bicyclic) bond motifs is 1. The van der Waals surface area contributed by atoms with Crippen molar-refractivity contribution in [1.29, 1.82) is 0 Å². The molecule has 0 aliphatic carbocycles. The topological polar surface area (TPSA) is 72.7 Å². The second kappa shape index (κ2) is 6.76. The minimum atomic E-state index is -0.731. The summed E-state index contributed by atoms with van der Waals surface area (Å²) in [6.07, 6.45) is -0.657. The van der Waals surface area contributed by atoms with E-state index in [1.165, 1.54) is 4.90 Å². The normalized spacial score (nSPS) is 11.3. The Morgan fingerprint density at radius 2 is 1.69 bits per heavy atom. The van der Waals surface area contributed by atoms with Crippen LogP contribution in [-0.4, -0.2) is 16.6 Å². The fourth-order valence-corrected chi connectivity index (χ4v) is 3.57. The molecule has 0 atom stereocenters. The van der Waals surface area contributed by atoms with Gasteiger partial charge in [-0.25, -0.2) is 9.69 Å². The summed E-state index contributed by atoms with van der Waals surface area (Å²) >= 11 is 1.04. The lowest BCUT2D eigenvalue weighted by Gasteiger charge is -2.26. The lowest BCUT2D eigenvalue weighted by Crippen LogP contribution is -2.34. The quantitative estimate of drug-likeness (QED) is 0.426. The zero-order valence-corrected chi connectivity index (χ0v) is 15.4. The van der Waals surface area contributed by atoms with Gasteiger partial charge >= 0.3 is 11.1 Å². The van der Waals surface area contributed by atoms with Crippen molar-refractivity contribution in [2.45, 2.75) is 26.4 Å². The summed E-state index contributed by atoms with van der Waals surface area (Å²) in [5.74, 6) is 0. The van der Waals surface area contributed by atoms with Crippen molar-refractivity contribution < 1.29 is 14.5 Å². The van der Waals surface area contributed by atoms with E-state index in [1.807, 2.05) is 12.1 Å². The Morgan fingerprint density at radius 3 is 2.31 bits per heavy atom. The second-order valence-electron chi connectivity index (χ2n) is 6.66. The number of hydrogen-bond donors (Lipinski definition) is 0. The maximum Gasteiger partial charge on any atom is 0.419 e. The van der Waals surface area contributed by atoms with Crippen molar-refractivity contribution in [3.63, 3.8) is 0 Å². The molecule has 0 spiro atoms. The van der Waals surface area contributed by atoms with Crippen molar-refractivity contribution in [3.05, 3.63) is 64.7 Å². The first-order chi connectivity index (χ1) is 12.3. The van der Waals surface area contributed by atoms with E-state index < -0.39 is 16.6 Å². The van der Waals surface area contributed by atoms with Crippen LogP contribution in [0.3, 0.4) is 0 Å². The number of rotatable bonds is 3. The van der Waals surface area contributed by atoms with Crippen molar-refractivity contribution >= 4 is 43.9 Å². The first-order valence-electron chi connectivity index (χ1n) is 8.02. The summed E-state index contributed by atoms with van der Waals surface area (Å²) in [4.78, 5) is 25.5. The maximum absolute atomic E-state index is 13.0. The van der Waals surface area contributed by atoms with E-state index in [9.17, 15) is 14.9 Å². The van der Waals surface area contributed by atoms with Crippen LogP contribution in [-0.2, 0) is 4.74 Å². The third-order valence-electron chi connectivity index (χ3n) is 3.53. The van der Waals surface area contributed by atoms with Gasteiger partial charge in [-0.3, -0.25) is 10.1 Å². The third-order valence-corrected chi connectivity index (χ3v) is 4.64. The smallest absolute Gasteiger partial charge is 0.419 e. The molecular weight excluding hydrogens is 352 g/mol. The Hall–Kier alpha value is -2.93. The van der Waals surface area contributed by atoms with Crippen LogP contribution in [0.2, 0.25) is 0 Å². The molecule has 0 bridgehead atoms. The highest BCUT2D eigenvalue weighted by molar-refractivity contribution is 7.23. The molecule has 134 valence electrons. The molecule has 3 aromatic rings. The zero-order valence-electron chi connectivity index (χ0n) is 14.6. The molecule has 26 heavy (non-hydrogen) atoms. The number of benzene rings is 2. The summed E-state index contributed by atoms with van der Waals surface area (Å²) in [5, 5.41) is 12.2. The van der Waals surface area contributed by atoms with Gasteiger partial charge in [0.25, 0.3) is 0 Å². The molecule has 0 radical (unpaired) electrons. The highest BCUT2D eigenvalue weighted by Gasteiger charge is 2.33. The number of carbonyl (C=O) groups is 1. The molecule has 0 N–H and O–H groups in total. The zero-order chi connectivity index (χ0) is 18.9. The van der Waals surface area contributed by atoms with Crippen LogP contribution in [0.1, 0.15) is 20.8 Å². The fraction of sp³-hybridized carbons (Fsp3) is 0.211. The molecule has 6 nitrogen and oxygen atoms in total. The average molecular weight is 370 g/mol. The standard InChI is InChI=1S/C19H18N2O4S/c1-19(2,3)25-18(22)20(13-9-5-4-6-10-13)16-14-11-7-8-12-15(14)26-17(16)21(23)24/h4-12H,1-3H3. The van der Waals surface area contributed by atoms with Gasteiger partial charge in [-0.15, -0.1) is 0 Å². The number of thiophene rings is 1. The molecule has 1 aromatic heterocycles. The van der Waals surface area contributed by atoms with Crippen LogP contribution in [0.15, 0.2) is 54.6 Å². The molecule has 0 saturated heterocycles. The lowest BCUT2D eigenvalue weighted by molar-refractivity contribution is -0.379. The van der Waals surface area contributed by atoms with Crippen molar-refractivity contribution in [1.82, 2.24) is 0 Å². The van der Waals surface area contributed by atoms with E-state index >= 15 is 0 Å². The number of para-hydroxylation sites is 1. The van der Waals surface area contributed by atoms with Crippen LogP contribution in [0.25, 0.3) is 10.1 Å². The number of anilines is 2. The summed E-state index contributed by atoms with van der Waals surface area (Å²) in [7, 11) is 0. The molecule has 7 heteroatoms. The molecule has 0 saturated carbocycles. The number of nitrogens with zero attached hydrogens (tertiary/aromatic N) is 2. The Labute approximate surface area is 154 Å². The Kier molecular flexibility index (Phi) is 4.65. The summed E-state index contributed by atoms with van der Waals surface area (Å²) in [6, 6.07) is 16.0. The van der Waals surface area contributed by atoms with Crippen LogP contribution in [0, 0.1) is 10.1 Å². The van der Waals surface area contributed by atoms with Crippen LogP contribution >= 0.6 is 11.3 Å². The van der Waals surface area contributed by atoms with Gasteiger partial charge in [0.1, 0.15) is 11.3 Å². The molecular formula is C19H18N2O4S. The van der Waals surface area contributed by atoms with Gasteiger partial charge in [-0.2, -0.15) is 0 Å².